The second-order valence-corrected chi connectivity index (χ2v) is 8.59. The van der Waals surface area contributed by atoms with Gasteiger partial charge in [-0.2, -0.15) is 4.98 Å². The standard InChI is InChI=1S/C14H22N4O4S/c1-10-15-14(16-22-10)12-4-3-6-18(12)8-13(19)17(2)11-5-7-23(20,21)9-11/h11-12H,3-9H2,1-2H3/t11-,12+/m1/s1. The van der Waals surface area contributed by atoms with E-state index in [0.717, 1.165) is 19.4 Å². The highest BCUT2D eigenvalue weighted by Crippen LogP contribution is 2.30. The van der Waals surface area contributed by atoms with Crippen LogP contribution in [-0.2, 0) is 14.6 Å². The van der Waals surface area contributed by atoms with Gasteiger partial charge in [0.15, 0.2) is 15.7 Å². The summed E-state index contributed by atoms with van der Waals surface area (Å²) in [5.74, 6) is 1.33. The first-order valence-corrected chi connectivity index (χ1v) is 9.68. The minimum atomic E-state index is -2.99. The Bertz CT molecular complexity index is 687. The molecule has 8 nitrogen and oxygen atoms in total. The Morgan fingerprint density at radius 3 is 2.83 bits per heavy atom. The van der Waals surface area contributed by atoms with Gasteiger partial charge in [-0.3, -0.25) is 9.69 Å². The minimum Gasteiger partial charge on any atom is -0.341 e. The van der Waals surface area contributed by atoms with Crippen molar-refractivity contribution < 1.29 is 17.7 Å². The second-order valence-electron chi connectivity index (χ2n) is 6.36. The number of likely N-dealkylation sites (N-methyl/N-ethyl adjacent to an activating group) is 1. The predicted molar refractivity (Wildman–Crippen MR) is 82.4 cm³/mol. The molecule has 3 heterocycles. The van der Waals surface area contributed by atoms with Gasteiger partial charge in [0, 0.05) is 20.0 Å². The molecule has 2 saturated heterocycles. The number of hydrogen-bond donors (Lipinski definition) is 0. The summed E-state index contributed by atoms with van der Waals surface area (Å²) in [7, 11) is -1.30. The van der Waals surface area contributed by atoms with Crippen LogP contribution in [0, 0.1) is 6.92 Å². The molecule has 0 spiro atoms. The van der Waals surface area contributed by atoms with Crippen LogP contribution < -0.4 is 0 Å². The van der Waals surface area contributed by atoms with Crippen molar-refractivity contribution in [2.24, 2.45) is 0 Å². The zero-order valence-electron chi connectivity index (χ0n) is 13.4. The largest absolute Gasteiger partial charge is 0.341 e. The SMILES string of the molecule is Cc1nc([C@@H]2CCCN2CC(=O)N(C)[C@@H]2CCS(=O)(=O)C2)no1. The summed E-state index contributed by atoms with van der Waals surface area (Å²) >= 11 is 0. The highest BCUT2D eigenvalue weighted by Gasteiger charge is 2.35. The fraction of sp³-hybridized carbons (Fsp3) is 0.786. The number of sulfone groups is 1. The van der Waals surface area contributed by atoms with Gasteiger partial charge in [-0.15, -0.1) is 0 Å². The van der Waals surface area contributed by atoms with Crippen LogP contribution in [0.4, 0.5) is 0 Å². The van der Waals surface area contributed by atoms with Crippen molar-refractivity contribution in [2.45, 2.75) is 38.3 Å². The average Bonchev–Trinajstić information content (AvgIpc) is 3.18. The molecule has 2 aliphatic rings. The molecule has 9 heteroatoms. The number of amides is 1. The third-order valence-electron chi connectivity index (χ3n) is 4.69. The summed E-state index contributed by atoms with van der Waals surface area (Å²) in [5, 5.41) is 3.96. The van der Waals surface area contributed by atoms with E-state index in [4.69, 9.17) is 4.52 Å². The van der Waals surface area contributed by atoms with Crippen molar-refractivity contribution in [3.8, 4) is 0 Å². The maximum atomic E-state index is 12.5. The first-order valence-electron chi connectivity index (χ1n) is 7.86. The first-order chi connectivity index (χ1) is 10.9. The molecule has 0 unspecified atom stereocenters. The van der Waals surface area contributed by atoms with Crippen molar-refractivity contribution in [3.05, 3.63) is 11.7 Å². The fourth-order valence-corrected chi connectivity index (χ4v) is 5.10. The van der Waals surface area contributed by atoms with E-state index in [1.165, 1.54) is 0 Å². The molecular weight excluding hydrogens is 320 g/mol. The van der Waals surface area contributed by atoms with Crippen LogP contribution in [0.1, 0.15) is 37.0 Å². The first kappa shape index (κ1) is 16.4. The van der Waals surface area contributed by atoms with Crippen LogP contribution in [0.2, 0.25) is 0 Å². The molecule has 0 bridgehead atoms. The molecular formula is C14H22N4O4S. The monoisotopic (exact) mass is 342 g/mol. The van der Waals surface area contributed by atoms with Crippen LogP contribution in [0.5, 0.6) is 0 Å². The molecule has 3 rings (SSSR count). The lowest BCUT2D eigenvalue weighted by Crippen LogP contribution is -2.43. The molecule has 2 atom stereocenters. The Balaban J connectivity index is 1.62. The number of aromatic nitrogens is 2. The number of nitrogens with zero attached hydrogens (tertiary/aromatic N) is 4. The number of aryl methyl sites for hydroxylation is 1. The van der Waals surface area contributed by atoms with E-state index in [1.807, 2.05) is 4.90 Å². The molecule has 0 radical (unpaired) electrons. The summed E-state index contributed by atoms with van der Waals surface area (Å²) in [6.07, 6.45) is 2.40. The Morgan fingerprint density at radius 2 is 2.22 bits per heavy atom. The lowest BCUT2D eigenvalue weighted by molar-refractivity contribution is -0.133. The van der Waals surface area contributed by atoms with Crippen LogP contribution in [0.25, 0.3) is 0 Å². The van der Waals surface area contributed by atoms with Crippen LogP contribution in [0.3, 0.4) is 0 Å². The van der Waals surface area contributed by atoms with E-state index in [0.29, 0.717) is 18.1 Å². The lowest BCUT2D eigenvalue weighted by atomic mass is 10.2. The molecule has 0 saturated carbocycles. The predicted octanol–water partition coefficient (Wildman–Crippen LogP) is 0.160. The number of carbonyl (C=O) groups is 1. The van der Waals surface area contributed by atoms with E-state index < -0.39 is 9.84 Å². The number of carbonyl (C=O) groups excluding carboxylic acids is 1. The van der Waals surface area contributed by atoms with Gasteiger partial charge in [0.1, 0.15) is 0 Å². The van der Waals surface area contributed by atoms with E-state index in [1.54, 1.807) is 18.9 Å². The second kappa shape index (κ2) is 6.20. The van der Waals surface area contributed by atoms with E-state index in [-0.39, 0.29) is 36.0 Å². The van der Waals surface area contributed by atoms with Gasteiger partial charge in [0.05, 0.1) is 24.1 Å². The van der Waals surface area contributed by atoms with Gasteiger partial charge in [-0.05, 0) is 25.8 Å². The summed E-state index contributed by atoms with van der Waals surface area (Å²) in [6, 6.07) is -0.210. The Kier molecular flexibility index (Phi) is 4.41. The molecule has 0 aromatic carbocycles. The Hall–Kier alpha value is -1.48. The van der Waals surface area contributed by atoms with E-state index in [2.05, 4.69) is 10.1 Å². The van der Waals surface area contributed by atoms with Gasteiger partial charge in [0.2, 0.25) is 11.8 Å². The van der Waals surface area contributed by atoms with Gasteiger partial charge < -0.3 is 9.42 Å². The van der Waals surface area contributed by atoms with Gasteiger partial charge in [0.25, 0.3) is 0 Å². The molecule has 0 N–H and O–H groups in total. The zero-order chi connectivity index (χ0) is 16.6. The van der Waals surface area contributed by atoms with Crippen molar-refractivity contribution in [2.75, 3.05) is 31.6 Å². The average molecular weight is 342 g/mol. The van der Waals surface area contributed by atoms with Crippen molar-refractivity contribution >= 4 is 15.7 Å². The molecule has 0 aliphatic carbocycles. The molecule has 2 aliphatic heterocycles. The van der Waals surface area contributed by atoms with Gasteiger partial charge >= 0.3 is 0 Å². The minimum absolute atomic E-state index is 0.00268. The molecule has 1 aromatic rings. The Morgan fingerprint density at radius 1 is 1.43 bits per heavy atom. The summed E-state index contributed by atoms with van der Waals surface area (Å²) in [4.78, 5) is 20.4. The number of rotatable bonds is 4. The highest BCUT2D eigenvalue weighted by atomic mass is 32.2. The van der Waals surface area contributed by atoms with Crippen LogP contribution in [0.15, 0.2) is 4.52 Å². The molecule has 1 aromatic heterocycles. The highest BCUT2D eigenvalue weighted by molar-refractivity contribution is 7.91. The van der Waals surface area contributed by atoms with Crippen LogP contribution >= 0.6 is 0 Å². The number of likely N-dealkylation sites (tertiary alicyclic amines) is 1. The van der Waals surface area contributed by atoms with Gasteiger partial charge in [-0.1, -0.05) is 5.16 Å². The molecule has 2 fully saturated rings. The number of hydrogen-bond acceptors (Lipinski definition) is 7. The quantitative estimate of drug-likeness (QED) is 0.769. The van der Waals surface area contributed by atoms with E-state index >= 15 is 0 Å². The van der Waals surface area contributed by atoms with Crippen LogP contribution in [-0.4, -0.2) is 72.0 Å². The smallest absolute Gasteiger partial charge is 0.236 e. The fourth-order valence-electron chi connectivity index (χ4n) is 3.33. The molecule has 1 amide bonds. The van der Waals surface area contributed by atoms with Crippen molar-refractivity contribution in [3.63, 3.8) is 0 Å². The third-order valence-corrected chi connectivity index (χ3v) is 6.44. The van der Waals surface area contributed by atoms with Crippen molar-refractivity contribution in [1.82, 2.24) is 19.9 Å². The summed E-state index contributed by atoms with van der Waals surface area (Å²) < 4.78 is 28.2. The lowest BCUT2D eigenvalue weighted by Gasteiger charge is -2.28. The van der Waals surface area contributed by atoms with Crippen molar-refractivity contribution in [1.29, 1.82) is 0 Å². The van der Waals surface area contributed by atoms with Gasteiger partial charge in [-0.25, -0.2) is 8.42 Å². The summed E-state index contributed by atoms with van der Waals surface area (Å²) in [5.41, 5.74) is 0. The van der Waals surface area contributed by atoms with E-state index in [9.17, 15) is 13.2 Å². The maximum absolute atomic E-state index is 12.5. The molecule has 128 valence electrons. The summed E-state index contributed by atoms with van der Waals surface area (Å²) in [6.45, 7) is 2.81. The normalized spacial score (nSPS) is 27.4. The third kappa shape index (κ3) is 3.55. The Labute approximate surface area is 135 Å². The maximum Gasteiger partial charge on any atom is 0.236 e. The zero-order valence-corrected chi connectivity index (χ0v) is 14.3. The topological polar surface area (TPSA) is 96.6 Å². The molecule has 23 heavy (non-hydrogen) atoms.